The molecule has 4 N–H and O–H groups in total. The predicted molar refractivity (Wildman–Crippen MR) is 91.8 cm³/mol. The number of hydrogen-bond donors (Lipinski definition) is 3. The topological polar surface area (TPSA) is 70.9 Å². The van der Waals surface area contributed by atoms with Gasteiger partial charge in [-0.1, -0.05) is 32.0 Å². The number of aryl methyl sites for hydroxylation is 1. The quantitative estimate of drug-likeness (QED) is 0.736. The molecule has 0 fully saturated rings. The molecule has 1 aromatic carbocycles. The second-order valence-electron chi connectivity index (χ2n) is 6.01. The Morgan fingerprint density at radius 2 is 2.05 bits per heavy atom. The van der Waals surface area contributed by atoms with Gasteiger partial charge in [-0.25, -0.2) is 0 Å². The number of fused-ring (bicyclic) bond motifs is 1. The van der Waals surface area contributed by atoms with Crippen molar-refractivity contribution in [3.05, 3.63) is 35.5 Å². The maximum absolute atomic E-state index is 12.4. The molecule has 0 atom stereocenters. The number of nitrogens with two attached hydrogens (primary N) is 1. The number of nitrogens with one attached hydrogen (secondary N) is 2. The van der Waals surface area contributed by atoms with E-state index in [1.807, 2.05) is 20.0 Å². The van der Waals surface area contributed by atoms with Gasteiger partial charge in [-0.05, 0) is 37.3 Å². The van der Waals surface area contributed by atoms with Gasteiger partial charge >= 0.3 is 0 Å². The Labute approximate surface area is 132 Å². The van der Waals surface area contributed by atoms with Crippen molar-refractivity contribution in [1.82, 2.24) is 10.3 Å². The summed E-state index contributed by atoms with van der Waals surface area (Å²) in [4.78, 5) is 15.7. The van der Waals surface area contributed by atoms with Crippen LogP contribution in [0.25, 0.3) is 10.9 Å². The number of H-pyrrole nitrogens is 1. The molecule has 0 aliphatic rings. The van der Waals surface area contributed by atoms with Crippen LogP contribution >= 0.6 is 0 Å². The molecular weight excluding hydrogens is 274 g/mol. The minimum atomic E-state index is -0.420. The summed E-state index contributed by atoms with van der Waals surface area (Å²) in [6.45, 7) is 7.19. The van der Waals surface area contributed by atoms with Gasteiger partial charge in [0.05, 0.1) is 5.41 Å². The average molecular weight is 301 g/mol. The maximum atomic E-state index is 12.4. The molecule has 22 heavy (non-hydrogen) atoms. The van der Waals surface area contributed by atoms with Crippen LogP contribution in [-0.4, -0.2) is 24.0 Å². The Morgan fingerprint density at radius 1 is 1.32 bits per heavy atom. The Kier molecular flexibility index (Phi) is 5.24. The minimum Gasteiger partial charge on any atom is -0.361 e. The van der Waals surface area contributed by atoms with E-state index in [0.717, 1.165) is 19.3 Å². The van der Waals surface area contributed by atoms with Crippen molar-refractivity contribution in [2.45, 2.75) is 40.0 Å². The number of benzene rings is 1. The number of carbonyl (C=O) groups excluding carboxylic acids is 1. The smallest absolute Gasteiger partial charge is 0.227 e. The zero-order valence-corrected chi connectivity index (χ0v) is 13.8. The summed E-state index contributed by atoms with van der Waals surface area (Å²) in [7, 11) is 0. The molecule has 0 spiro atoms. The number of hydrogen-bond acceptors (Lipinski definition) is 2. The summed E-state index contributed by atoms with van der Waals surface area (Å²) in [5, 5.41) is 4.30. The van der Waals surface area contributed by atoms with Gasteiger partial charge in [0.2, 0.25) is 5.91 Å². The van der Waals surface area contributed by atoms with Gasteiger partial charge in [0, 0.05) is 30.2 Å². The second kappa shape index (κ2) is 6.97. The maximum Gasteiger partial charge on any atom is 0.227 e. The highest BCUT2D eigenvalue weighted by molar-refractivity contribution is 5.86. The van der Waals surface area contributed by atoms with Crippen molar-refractivity contribution in [2.24, 2.45) is 11.1 Å². The molecule has 120 valence electrons. The summed E-state index contributed by atoms with van der Waals surface area (Å²) >= 11 is 0. The molecule has 4 nitrogen and oxygen atoms in total. The number of aromatic amines is 1. The van der Waals surface area contributed by atoms with E-state index in [-0.39, 0.29) is 5.91 Å². The van der Waals surface area contributed by atoms with Crippen LogP contribution in [0.2, 0.25) is 0 Å². The Hall–Kier alpha value is -1.81. The van der Waals surface area contributed by atoms with Crippen LogP contribution in [0.5, 0.6) is 0 Å². The van der Waals surface area contributed by atoms with Crippen molar-refractivity contribution < 1.29 is 4.79 Å². The van der Waals surface area contributed by atoms with Crippen molar-refractivity contribution in [2.75, 3.05) is 13.1 Å². The third-order valence-corrected chi connectivity index (χ3v) is 4.92. The molecule has 0 aliphatic carbocycles. The van der Waals surface area contributed by atoms with E-state index >= 15 is 0 Å². The summed E-state index contributed by atoms with van der Waals surface area (Å²) in [6.07, 6.45) is 4.42. The Bertz CT molecular complexity index is 633. The lowest BCUT2D eigenvalue weighted by Gasteiger charge is -2.28. The highest BCUT2D eigenvalue weighted by atomic mass is 16.2. The van der Waals surface area contributed by atoms with E-state index in [4.69, 9.17) is 5.73 Å². The summed E-state index contributed by atoms with van der Waals surface area (Å²) in [5.74, 6) is 0.0796. The Balaban J connectivity index is 2.01. The van der Waals surface area contributed by atoms with Gasteiger partial charge in [-0.2, -0.15) is 0 Å². The zero-order valence-electron chi connectivity index (χ0n) is 13.8. The largest absolute Gasteiger partial charge is 0.361 e. The van der Waals surface area contributed by atoms with Gasteiger partial charge in [0.15, 0.2) is 0 Å². The fourth-order valence-electron chi connectivity index (χ4n) is 3.02. The van der Waals surface area contributed by atoms with Crippen LogP contribution in [0.15, 0.2) is 24.4 Å². The van der Waals surface area contributed by atoms with Gasteiger partial charge in [-0.15, -0.1) is 0 Å². The Morgan fingerprint density at radius 3 is 2.68 bits per heavy atom. The standard InChI is InChI=1S/C18H27N3O/c1-4-18(5-2,12-19)17(22)20-10-9-14-11-21-16-13(3)7-6-8-15(14)16/h6-8,11,21H,4-5,9-10,12,19H2,1-3H3,(H,20,22). The van der Waals surface area contributed by atoms with Gasteiger partial charge in [-0.3, -0.25) is 4.79 Å². The average Bonchev–Trinajstić information content (AvgIpc) is 2.94. The van der Waals surface area contributed by atoms with Crippen molar-refractivity contribution >= 4 is 16.8 Å². The normalized spacial score (nSPS) is 11.8. The summed E-state index contributed by atoms with van der Waals surface area (Å²) in [5.41, 5.74) is 9.07. The van der Waals surface area contributed by atoms with E-state index in [1.54, 1.807) is 0 Å². The molecule has 0 saturated heterocycles. The molecule has 0 unspecified atom stereocenters. The fraction of sp³-hybridized carbons (Fsp3) is 0.500. The number of rotatable bonds is 7. The molecule has 4 heteroatoms. The molecule has 0 radical (unpaired) electrons. The highest BCUT2D eigenvalue weighted by Crippen LogP contribution is 2.25. The number of amides is 1. The monoisotopic (exact) mass is 301 g/mol. The third-order valence-electron chi connectivity index (χ3n) is 4.92. The zero-order chi connectivity index (χ0) is 16.2. The molecule has 2 rings (SSSR count). The van der Waals surface area contributed by atoms with Gasteiger partial charge in [0.1, 0.15) is 0 Å². The second-order valence-corrected chi connectivity index (χ2v) is 6.01. The van der Waals surface area contributed by atoms with Crippen molar-refractivity contribution in [3.63, 3.8) is 0 Å². The number of carbonyl (C=O) groups is 1. The van der Waals surface area contributed by atoms with E-state index in [2.05, 4.69) is 35.4 Å². The van der Waals surface area contributed by atoms with Crippen LogP contribution in [-0.2, 0) is 11.2 Å². The molecule has 0 aliphatic heterocycles. The predicted octanol–water partition coefficient (Wildman–Crippen LogP) is 2.90. The first-order valence-electron chi connectivity index (χ1n) is 8.12. The van der Waals surface area contributed by atoms with Gasteiger partial charge in [0.25, 0.3) is 0 Å². The van der Waals surface area contributed by atoms with E-state index in [0.29, 0.717) is 13.1 Å². The van der Waals surface area contributed by atoms with Crippen molar-refractivity contribution in [3.8, 4) is 0 Å². The molecular formula is C18H27N3O. The molecule has 0 saturated carbocycles. The first-order chi connectivity index (χ1) is 10.6. The lowest BCUT2D eigenvalue weighted by atomic mass is 9.81. The van der Waals surface area contributed by atoms with E-state index in [9.17, 15) is 4.79 Å². The van der Waals surface area contributed by atoms with Crippen LogP contribution in [0, 0.1) is 12.3 Å². The SMILES string of the molecule is CCC(CC)(CN)C(=O)NCCc1c[nH]c2c(C)cccc12. The van der Waals surface area contributed by atoms with Crippen LogP contribution in [0.1, 0.15) is 37.8 Å². The van der Waals surface area contributed by atoms with Crippen molar-refractivity contribution in [1.29, 1.82) is 0 Å². The van der Waals surface area contributed by atoms with Crippen LogP contribution < -0.4 is 11.1 Å². The lowest BCUT2D eigenvalue weighted by Crippen LogP contribution is -2.45. The first kappa shape index (κ1) is 16.6. The minimum absolute atomic E-state index is 0.0796. The first-order valence-corrected chi connectivity index (χ1v) is 8.12. The number of aromatic nitrogens is 1. The number of para-hydroxylation sites is 1. The summed E-state index contributed by atoms with van der Waals surface area (Å²) < 4.78 is 0. The van der Waals surface area contributed by atoms with E-state index < -0.39 is 5.41 Å². The molecule has 0 bridgehead atoms. The lowest BCUT2D eigenvalue weighted by molar-refractivity contribution is -0.131. The molecule has 1 heterocycles. The van der Waals surface area contributed by atoms with Crippen LogP contribution in [0.4, 0.5) is 0 Å². The molecule has 1 amide bonds. The van der Waals surface area contributed by atoms with E-state index in [1.165, 1.54) is 22.0 Å². The van der Waals surface area contributed by atoms with Crippen LogP contribution in [0.3, 0.4) is 0 Å². The molecule has 2 aromatic rings. The fourth-order valence-corrected chi connectivity index (χ4v) is 3.02. The summed E-state index contributed by atoms with van der Waals surface area (Å²) in [6, 6.07) is 6.29. The third kappa shape index (κ3) is 3.02. The highest BCUT2D eigenvalue weighted by Gasteiger charge is 2.32. The van der Waals surface area contributed by atoms with Gasteiger partial charge < -0.3 is 16.0 Å². The molecule has 1 aromatic heterocycles.